The number of likely N-dealkylation sites (N-methyl/N-ethyl adjacent to an activating group) is 1. The molecule has 94 valence electrons. The quantitative estimate of drug-likeness (QED) is 0.861. The highest BCUT2D eigenvalue weighted by molar-refractivity contribution is 5.50. The molecule has 0 radical (unpaired) electrons. The molecule has 18 heavy (non-hydrogen) atoms. The maximum absolute atomic E-state index is 9.30. The summed E-state index contributed by atoms with van der Waals surface area (Å²) in [5.41, 5.74) is 7.94. The standard InChI is InChI=1S/C14H17N3O/c1-17(12-4-6-13(18)7-5-12)14(9-15)11-3-2-8-16-10-11/h2-8,10,14,18H,9,15H2,1H3. The van der Waals surface area contributed by atoms with Crippen LogP contribution in [0.3, 0.4) is 0 Å². The zero-order valence-corrected chi connectivity index (χ0v) is 10.3. The maximum atomic E-state index is 9.30. The van der Waals surface area contributed by atoms with Gasteiger partial charge in [-0.3, -0.25) is 4.98 Å². The number of hydrogen-bond donors (Lipinski definition) is 2. The van der Waals surface area contributed by atoms with E-state index in [1.807, 2.05) is 37.5 Å². The smallest absolute Gasteiger partial charge is 0.115 e. The van der Waals surface area contributed by atoms with E-state index >= 15 is 0 Å². The molecule has 2 aromatic rings. The monoisotopic (exact) mass is 243 g/mol. The van der Waals surface area contributed by atoms with Gasteiger partial charge in [-0.1, -0.05) is 6.07 Å². The molecule has 3 N–H and O–H groups in total. The number of benzene rings is 1. The minimum atomic E-state index is 0.0724. The van der Waals surface area contributed by atoms with E-state index in [0.717, 1.165) is 11.3 Å². The number of anilines is 1. The molecule has 1 atom stereocenters. The Morgan fingerprint density at radius 3 is 2.56 bits per heavy atom. The molecule has 1 aromatic heterocycles. The number of pyridine rings is 1. The highest BCUT2D eigenvalue weighted by Crippen LogP contribution is 2.25. The van der Waals surface area contributed by atoms with Crippen LogP contribution in [0.5, 0.6) is 5.75 Å². The van der Waals surface area contributed by atoms with Crippen molar-refractivity contribution in [2.75, 3.05) is 18.5 Å². The zero-order valence-electron chi connectivity index (χ0n) is 10.3. The summed E-state index contributed by atoms with van der Waals surface area (Å²) < 4.78 is 0. The van der Waals surface area contributed by atoms with Crippen LogP contribution in [0.15, 0.2) is 48.8 Å². The number of aromatic nitrogens is 1. The Kier molecular flexibility index (Phi) is 3.79. The van der Waals surface area contributed by atoms with Crippen LogP contribution in [0.4, 0.5) is 5.69 Å². The summed E-state index contributed by atoms with van der Waals surface area (Å²) >= 11 is 0. The van der Waals surface area contributed by atoms with Crippen molar-refractivity contribution in [1.29, 1.82) is 0 Å². The van der Waals surface area contributed by atoms with Crippen molar-refractivity contribution in [2.45, 2.75) is 6.04 Å². The topological polar surface area (TPSA) is 62.4 Å². The van der Waals surface area contributed by atoms with E-state index in [1.165, 1.54) is 0 Å². The van der Waals surface area contributed by atoms with Crippen LogP contribution in [0.2, 0.25) is 0 Å². The highest BCUT2D eigenvalue weighted by Gasteiger charge is 2.15. The van der Waals surface area contributed by atoms with Crippen LogP contribution >= 0.6 is 0 Å². The van der Waals surface area contributed by atoms with Gasteiger partial charge in [0.1, 0.15) is 5.75 Å². The van der Waals surface area contributed by atoms with E-state index in [-0.39, 0.29) is 11.8 Å². The Labute approximate surface area is 107 Å². The summed E-state index contributed by atoms with van der Waals surface area (Å²) in [5, 5.41) is 9.30. The lowest BCUT2D eigenvalue weighted by molar-refractivity contribution is 0.475. The Balaban J connectivity index is 2.25. The van der Waals surface area contributed by atoms with Crippen molar-refractivity contribution in [3.63, 3.8) is 0 Å². The average molecular weight is 243 g/mol. The van der Waals surface area contributed by atoms with E-state index in [9.17, 15) is 5.11 Å². The average Bonchev–Trinajstić information content (AvgIpc) is 2.41. The van der Waals surface area contributed by atoms with Crippen molar-refractivity contribution >= 4 is 5.69 Å². The first-order valence-corrected chi connectivity index (χ1v) is 5.84. The number of phenolic OH excluding ortho intramolecular Hbond substituents is 1. The molecular formula is C14H17N3O. The van der Waals surface area contributed by atoms with Gasteiger partial charge >= 0.3 is 0 Å². The molecule has 0 aliphatic heterocycles. The lowest BCUT2D eigenvalue weighted by atomic mass is 10.1. The number of aromatic hydroxyl groups is 1. The second-order valence-electron chi connectivity index (χ2n) is 4.17. The first kappa shape index (κ1) is 12.4. The molecule has 0 amide bonds. The number of nitrogens with zero attached hydrogens (tertiary/aromatic N) is 2. The summed E-state index contributed by atoms with van der Waals surface area (Å²) in [6.07, 6.45) is 3.58. The summed E-state index contributed by atoms with van der Waals surface area (Å²) in [4.78, 5) is 6.20. The number of nitrogens with two attached hydrogens (primary N) is 1. The van der Waals surface area contributed by atoms with Crippen molar-refractivity contribution in [2.24, 2.45) is 5.73 Å². The summed E-state index contributed by atoms with van der Waals surface area (Å²) in [6, 6.07) is 11.1. The molecule has 0 spiro atoms. The molecule has 0 fully saturated rings. The molecular weight excluding hydrogens is 226 g/mol. The normalized spacial score (nSPS) is 12.1. The van der Waals surface area contributed by atoms with Gasteiger partial charge in [0.2, 0.25) is 0 Å². The number of hydrogen-bond acceptors (Lipinski definition) is 4. The van der Waals surface area contributed by atoms with Crippen LogP contribution in [0, 0.1) is 0 Å². The van der Waals surface area contributed by atoms with E-state index in [4.69, 9.17) is 5.73 Å². The van der Waals surface area contributed by atoms with Gasteiger partial charge in [0.05, 0.1) is 6.04 Å². The second-order valence-corrected chi connectivity index (χ2v) is 4.17. The molecule has 0 aliphatic rings. The van der Waals surface area contributed by atoms with Gasteiger partial charge in [-0.05, 0) is 35.9 Å². The maximum Gasteiger partial charge on any atom is 0.115 e. The van der Waals surface area contributed by atoms with E-state index in [2.05, 4.69) is 9.88 Å². The van der Waals surface area contributed by atoms with Crippen LogP contribution in [0.1, 0.15) is 11.6 Å². The fraction of sp³-hybridized carbons (Fsp3) is 0.214. The van der Waals surface area contributed by atoms with Gasteiger partial charge in [-0.2, -0.15) is 0 Å². The SMILES string of the molecule is CN(c1ccc(O)cc1)C(CN)c1cccnc1. The Bertz CT molecular complexity index is 484. The first-order chi connectivity index (χ1) is 8.72. The molecule has 0 saturated carbocycles. The molecule has 1 aromatic carbocycles. The van der Waals surface area contributed by atoms with Gasteiger partial charge in [-0.25, -0.2) is 0 Å². The molecule has 0 aliphatic carbocycles. The fourth-order valence-electron chi connectivity index (χ4n) is 1.96. The number of rotatable bonds is 4. The summed E-state index contributed by atoms with van der Waals surface area (Å²) in [6.45, 7) is 0.503. The molecule has 1 heterocycles. The molecule has 4 heteroatoms. The molecule has 4 nitrogen and oxygen atoms in total. The van der Waals surface area contributed by atoms with Crippen molar-refractivity contribution in [3.05, 3.63) is 54.4 Å². The molecule has 2 rings (SSSR count). The third-order valence-corrected chi connectivity index (χ3v) is 3.02. The zero-order chi connectivity index (χ0) is 13.0. The minimum absolute atomic E-state index is 0.0724. The van der Waals surface area contributed by atoms with E-state index in [0.29, 0.717) is 6.54 Å². The fourth-order valence-corrected chi connectivity index (χ4v) is 1.96. The van der Waals surface area contributed by atoms with Gasteiger partial charge in [-0.15, -0.1) is 0 Å². The molecule has 0 bridgehead atoms. The summed E-state index contributed by atoms with van der Waals surface area (Å²) in [7, 11) is 1.98. The van der Waals surface area contributed by atoms with Crippen LogP contribution in [-0.4, -0.2) is 23.7 Å². The predicted molar refractivity (Wildman–Crippen MR) is 72.5 cm³/mol. The van der Waals surface area contributed by atoms with Gasteiger partial charge < -0.3 is 15.7 Å². The molecule has 1 unspecified atom stereocenters. The largest absolute Gasteiger partial charge is 0.508 e. The Morgan fingerprint density at radius 2 is 2.00 bits per heavy atom. The number of phenols is 1. The summed E-state index contributed by atoms with van der Waals surface area (Å²) in [5.74, 6) is 0.262. The highest BCUT2D eigenvalue weighted by atomic mass is 16.3. The van der Waals surface area contributed by atoms with Gasteiger partial charge in [0, 0.05) is 31.7 Å². The lowest BCUT2D eigenvalue weighted by Gasteiger charge is -2.29. The lowest BCUT2D eigenvalue weighted by Crippen LogP contribution is -2.30. The van der Waals surface area contributed by atoms with E-state index < -0.39 is 0 Å². The third-order valence-electron chi connectivity index (χ3n) is 3.02. The van der Waals surface area contributed by atoms with Crippen LogP contribution < -0.4 is 10.6 Å². The van der Waals surface area contributed by atoms with Crippen molar-refractivity contribution in [3.8, 4) is 5.75 Å². The van der Waals surface area contributed by atoms with Crippen molar-refractivity contribution < 1.29 is 5.11 Å². The van der Waals surface area contributed by atoms with E-state index in [1.54, 1.807) is 18.3 Å². The van der Waals surface area contributed by atoms with Gasteiger partial charge in [0.15, 0.2) is 0 Å². The van der Waals surface area contributed by atoms with Crippen LogP contribution in [-0.2, 0) is 0 Å². The third kappa shape index (κ3) is 2.60. The second kappa shape index (κ2) is 5.51. The predicted octanol–water partition coefficient (Wildman–Crippen LogP) is 1.92. The molecule has 0 saturated heterocycles. The van der Waals surface area contributed by atoms with Crippen molar-refractivity contribution in [1.82, 2.24) is 4.98 Å². The first-order valence-electron chi connectivity index (χ1n) is 5.84. The Morgan fingerprint density at radius 1 is 1.28 bits per heavy atom. The van der Waals surface area contributed by atoms with Gasteiger partial charge in [0.25, 0.3) is 0 Å². The van der Waals surface area contributed by atoms with Crippen LogP contribution in [0.25, 0.3) is 0 Å². The minimum Gasteiger partial charge on any atom is -0.508 e. The Hall–Kier alpha value is -2.07.